The third kappa shape index (κ3) is 2.73. The summed E-state index contributed by atoms with van der Waals surface area (Å²) in [5.74, 6) is 0. The molecule has 1 heterocycles. The first-order valence-electron chi connectivity index (χ1n) is 6.51. The van der Waals surface area contributed by atoms with Crippen molar-refractivity contribution in [3.63, 3.8) is 0 Å². The van der Waals surface area contributed by atoms with Crippen molar-refractivity contribution in [3.8, 4) is 0 Å². The number of rotatable bonds is 4. The predicted octanol–water partition coefficient (Wildman–Crippen LogP) is 3.90. The molecule has 5 heteroatoms. The van der Waals surface area contributed by atoms with Crippen molar-refractivity contribution in [2.75, 3.05) is 5.32 Å². The Morgan fingerprint density at radius 2 is 1.95 bits per heavy atom. The quantitative estimate of drug-likeness (QED) is 0.725. The zero-order valence-corrected chi connectivity index (χ0v) is 13.5. The van der Waals surface area contributed by atoms with Crippen molar-refractivity contribution in [1.82, 2.24) is 7.96 Å². The van der Waals surface area contributed by atoms with E-state index in [1.807, 2.05) is 24.3 Å². The Bertz CT molecular complexity index is 708. The van der Waals surface area contributed by atoms with E-state index in [4.69, 9.17) is 11.6 Å². The van der Waals surface area contributed by atoms with Crippen LogP contribution in [-0.4, -0.2) is 22.9 Å². The monoisotopic (exact) mass is 351 g/mol. The van der Waals surface area contributed by atoms with Gasteiger partial charge in [-0.1, -0.05) is 0 Å². The molecule has 0 saturated heterocycles. The summed E-state index contributed by atoms with van der Waals surface area (Å²) in [5, 5.41) is 4.34. The first-order chi connectivity index (χ1) is 9.78. The Morgan fingerprint density at radius 1 is 1.15 bits per heavy atom. The summed E-state index contributed by atoms with van der Waals surface area (Å²) < 4.78 is 8.92. The number of anilines is 1. The molecular weight excluding hydrogens is 337 g/mol. The molecule has 0 aliphatic heterocycles. The van der Waals surface area contributed by atoms with Crippen LogP contribution in [0, 0.1) is 0 Å². The summed E-state index contributed by atoms with van der Waals surface area (Å²) in [6.07, 6.45) is 0.994. The van der Waals surface area contributed by atoms with E-state index in [1.165, 1.54) is 5.56 Å². The summed E-state index contributed by atoms with van der Waals surface area (Å²) in [5.41, 5.74) is 4.29. The van der Waals surface area contributed by atoms with Crippen molar-refractivity contribution < 1.29 is 0 Å². The van der Waals surface area contributed by atoms with Gasteiger partial charge in [-0.2, -0.15) is 0 Å². The van der Waals surface area contributed by atoms with E-state index in [0.29, 0.717) is 0 Å². The molecule has 0 amide bonds. The van der Waals surface area contributed by atoms with Crippen molar-refractivity contribution in [1.29, 1.82) is 0 Å². The molecule has 0 saturated carbocycles. The fourth-order valence-electron chi connectivity index (χ4n) is 2.23. The minimum absolute atomic E-state index is 0.00208. The van der Waals surface area contributed by atoms with Crippen LogP contribution in [0.2, 0.25) is 5.02 Å². The Balaban J connectivity index is 1.91. The molecule has 0 fully saturated rings. The average Bonchev–Trinajstić information content (AvgIpc) is 2.95. The van der Waals surface area contributed by atoms with Crippen molar-refractivity contribution >= 4 is 43.3 Å². The number of halogens is 1. The van der Waals surface area contributed by atoms with Gasteiger partial charge < -0.3 is 0 Å². The van der Waals surface area contributed by atoms with Gasteiger partial charge in [0.1, 0.15) is 0 Å². The number of benzene rings is 2. The molecule has 1 N–H and O–H groups in total. The molecule has 0 aliphatic carbocycles. The molecular formula is C15H14ClN3Se. The van der Waals surface area contributed by atoms with Gasteiger partial charge in [-0.3, -0.25) is 0 Å². The zero-order chi connectivity index (χ0) is 13.9. The molecule has 0 bridgehead atoms. The molecule has 1 atom stereocenters. The van der Waals surface area contributed by atoms with E-state index in [1.54, 1.807) is 0 Å². The van der Waals surface area contributed by atoms with Crippen LogP contribution in [0.1, 0.15) is 24.9 Å². The maximum absolute atomic E-state index is 5.95. The van der Waals surface area contributed by atoms with E-state index in [-0.39, 0.29) is 21.0 Å². The summed E-state index contributed by atoms with van der Waals surface area (Å²) >= 11 is 5.95. The Hall–Kier alpha value is -1.35. The van der Waals surface area contributed by atoms with Gasteiger partial charge >= 0.3 is 129 Å². The van der Waals surface area contributed by atoms with Crippen LogP contribution in [0.3, 0.4) is 0 Å². The molecule has 20 heavy (non-hydrogen) atoms. The first kappa shape index (κ1) is 13.6. The number of hydrogen-bond donors (Lipinski definition) is 1. The van der Waals surface area contributed by atoms with Crippen molar-refractivity contribution in [2.45, 2.75) is 19.4 Å². The second-order valence-electron chi connectivity index (χ2n) is 4.59. The molecule has 3 rings (SSSR count). The molecule has 1 unspecified atom stereocenters. The number of aromatic nitrogens is 2. The van der Waals surface area contributed by atoms with Gasteiger partial charge in [-0.05, 0) is 0 Å². The third-order valence-corrected chi connectivity index (χ3v) is 4.69. The summed E-state index contributed by atoms with van der Waals surface area (Å²) in [7, 11) is 0. The van der Waals surface area contributed by atoms with E-state index in [9.17, 15) is 0 Å². The molecule has 1 aromatic heterocycles. The van der Waals surface area contributed by atoms with Gasteiger partial charge in [0.25, 0.3) is 0 Å². The summed E-state index contributed by atoms with van der Waals surface area (Å²) in [6.45, 7) is 2.17. The second-order valence-corrected chi connectivity index (χ2v) is 6.14. The Morgan fingerprint density at radius 3 is 2.70 bits per heavy atom. The normalized spacial score (nSPS) is 12.5. The predicted molar refractivity (Wildman–Crippen MR) is 84.6 cm³/mol. The molecule has 0 aliphatic rings. The first-order valence-corrected chi connectivity index (χ1v) is 8.42. The molecule has 0 spiro atoms. The third-order valence-electron chi connectivity index (χ3n) is 3.30. The van der Waals surface area contributed by atoms with E-state index in [0.717, 1.165) is 28.2 Å². The number of nitrogens with zero attached hydrogens (tertiary/aromatic N) is 2. The fourth-order valence-corrected chi connectivity index (χ4v) is 3.51. The summed E-state index contributed by atoms with van der Waals surface area (Å²) in [6, 6.07) is 14.4. The van der Waals surface area contributed by atoms with E-state index >= 15 is 0 Å². The van der Waals surface area contributed by atoms with Gasteiger partial charge in [-0.25, -0.2) is 0 Å². The van der Waals surface area contributed by atoms with Gasteiger partial charge in [0.15, 0.2) is 0 Å². The van der Waals surface area contributed by atoms with Crippen LogP contribution >= 0.6 is 11.6 Å². The van der Waals surface area contributed by atoms with E-state index in [2.05, 4.69) is 38.4 Å². The number of hydrogen-bond acceptors (Lipinski definition) is 3. The van der Waals surface area contributed by atoms with Gasteiger partial charge in [0.05, 0.1) is 0 Å². The second kappa shape index (κ2) is 5.96. The molecule has 0 radical (unpaired) electrons. The molecule has 2 aromatic carbocycles. The van der Waals surface area contributed by atoms with Crippen molar-refractivity contribution in [2.24, 2.45) is 0 Å². The Kier molecular flexibility index (Phi) is 4.06. The molecule has 3 nitrogen and oxygen atoms in total. The number of fused-ring (bicyclic) bond motifs is 1. The van der Waals surface area contributed by atoms with Crippen LogP contribution in [0.25, 0.3) is 11.0 Å². The van der Waals surface area contributed by atoms with Crippen LogP contribution in [0.5, 0.6) is 0 Å². The SMILES string of the molecule is CCC(Nc1cccc2n[se]nc12)c1ccc(Cl)cc1. The summed E-state index contributed by atoms with van der Waals surface area (Å²) in [4.78, 5) is 0. The van der Waals surface area contributed by atoms with Gasteiger partial charge in [0.2, 0.25) is 0 Å². The van der Waals surface area contributed by atoms with Gasteiger partial charge in [-0.15, -0.1) is 0 Å². The van der Waals surface area contributed by atoms with Crippen LogP contribution in [-0.2, 0) is 0 Å². The number of nitrogens with one attached hydrogen (secondary N) is 1. The average molecular weight is 351 g/mol. The van der Waals surface area contributed by atoms with Gasteiger partial charge in [0, 0.05) is 0 Å². The minimum atomic E-state index is 0.00208. The van der Waals surface area contributed by atoms with Crippen molar-refractivity contribution in [3.05, 3.63) is 53.1 Å². The van der Waals surface area contributed by atoms with Crippen LogP contribution < -0.4 is 5.32 Å². The molecule has 102 valence electrons. The van der Waals surface area contributed by atoms with Crippen LogP contribution in [0.15, 0.2) is 42.5 Å². The standard InChI is InChI=1S/C15H14ClN3Se/c1-2-12(10-6-8-11(16)9-7-10)17-13-4-3-5-14-15(13)19-20-18-14/h3-9,12,17H,2H2,1H3. The van der Waals surface area contributed by atoms with Crippen LogP contribution in [0.4, 0.5) is 5.69 Å². The molecule has 3 aromatic rings. The van der Waals surface area contributed by atoms with E-state index < -0.39 is 0 Å². The topological polar surface area (TPSA) is 37.8 Å². The Labute approximate surface area is 129 Å². The maximum atomic E-state index is 5.95. The zero-order valence-electron chi connectivity index (χ0n) is 11.0. The fraction of sp³-hybridized carbons (Fsp3) is 0.200.